The fraction of sp³-hybridized carbons (Fsp3) is 0.357. The van der Waals surface area contributed by atoms with Crippen molar-refractivity contribution in [1.29, 1.82) is 0 Å². The lowest BCUT2D eigenvalue weighted by atomic mass is 10.2. The van der Waals surface area contributed by atoms with E-state index in [0.29, 0.717) is 11.0 Å². The summed E-state index contributed by atoms with van der Waals surface area (Å²) in [7, 11) is 0. The fourth-order valence-electron chi connectivity index (χ4n) is 2.16. The number of nitrogens with zero attached hydrogens (tertiary/aromatic N) is 1. The number of carboxylic acids is 1. The minimum Gasteiger partial charge on any atom is -0.481 e. The van der Waals surface area contributed by atoms with Crippen molar-refractivity contribution in [2.75, 3.05) is 10.7 Å². The number of carbonyl (C=O) groups excluding carboxylic acids is 2. The van der Waals surface area contributed by atoms with Crippen LogP contribution in [0, 0.1) is 0 Å². The highest BCUT2D eigenvalue weighted by Gasteiger charge is 2.41. The Hall–Kier alpha value is -1.74. The van der Waals surface area contributed by atoms with E-state index in [-0.39, 0.29) is 24.3 Å². The van der Waals surface area contributed by atoms with E-state index in [9.17, 15) is 27.6 Å². The molecule has 1 N–H and O–H groups in total. The highest BCUT2D eigenvalue weighted by molar-refractivity contribution is 8.00. The summed E-state index contributed by atoms with van der Waals surface area (Å²) < 4.78 is 38.7. The predicted octanol–water partition coefficient (Wildman–Crippen LogP) is 3.20. The zero-order valence-corrected chi connectivity index (χ0v) is 13.5. The van der Waals surface area contributed by atoms with Gasteiger partial charge in [-0.25, -0.2) is 4.90 Å². The van der Waals surface area contributed by atoms with Crippen LogP contribution in [0.5, 0.6) is 0 Å². The van der Waals surface area contributed by atoms with E-state index in [4.69, 9.17) is 16.7 Å². The highest BCUT2D eigenvalue weighted by Crippen LogP contribution is 2.38. The molecular formula is C14H11ClF3NO4S. The Kier molecular flexibility index (Phi) is 5.44. The average molecular weight is 382 g/mol. The molecule has 1 aliphatic heterocycles. The predicted molar refractivity (Wildman–Crippen MR) is 82.1 cm³/mol. The number of hydrogen-bond donors (Lipinski definition) is 1. The molecule has 0 spiro atoms. The maximum absolute atomic E-state index is 12.9. The smallest absolute Gasteiger partial charge is 0.417 e. The maximum atomic E-state index is 12.9. The summed E-state index contributed by atoms with van der Waals surface area (Å²) in [5.41, 5.74) is -1.34. The van der Waals surface area contributed by atoms with E-state index in [2.05, 4.69) is 0 Å². The Bertz CT molecular complexity index is 695. The molecule has 1 aliphatic rings. The Morgan fingerprint density at radius 1 is 1.38 bits per heavy atom. The van der Waals surface area contributed by atoms with Gasteiger partial charge in [0.05, 0.1) is 27.9 Å². The molecule has 0 radical (unpaired) electrons. The van der Waals surface area contributed by atoms with Gasteiger partial charge >= 0.3 is 12.1 Å². The molecule has 1 atom stereocenters. The first kappa shape index (κ1) is 18.6. The van der Waals surface area contributed by atoms with Gasteiger partial charge in [0.25, 0.3) is 0 Å². The van der Waals surface area contributed by atoms with E-state index in [0.717, 1.165) is 23.9 Å². The normalized spacial score (nSPS) is 18.3. The number of aliphatic carboxylic acids is 1. The minimum atomic E-state index is -4.71. The zero-order valence-electron chi connectivity index (χ0n) is 12.0. The third kappa shape index (κ3) is 4.02. The molecule has 0 bridgehead atoms. The third-order valence-electron chi connectivity index (χ3n) is 3.25. The van der Waals surface area contributed by atoms with Crippen LogP contribution in [0.15, 0.2) is 18.2 Å². The number of amides is 2. The summed E-state index contributed by atoms with van der Waals surface area (Å²) in [6, 6.07) is 2.80. The topological polar surface area (TPSA) is 74.7 Å². The first-order valence-corrected chi connectivity index (χ1v) is 8.11. The van der Waals surface area contributed by atoms with Crippen molar-refractivity contribution in [3.8, 4) is 0 Å². The van der Waals surface area contributed by atoms with Crippen molar-refractivity contribution in [3.63, 3.8) is 0 Å². The number of imide groups is 1. The molecule has 0 aromatic heterocycles. The van der Waals surface area contributed by atoms with E-state index in [1.165, 1.54) is 0 Å². The molecule has 1 saturated heterocycles. The fourth-order valence-corrected chi connectivity index (χ4v) is 3.47. The Balaban J connectivity index is 2.21. The van der Waals surface area contributed by atoms with Crippen molar-refractivity contribution >= 4 is 46.8 Å². The quantitative estimate of drug-likeness (QED) is 0.793. The number of anilines is 1. The molecule has 2 amide bonds. The summed E-state index contributed by atoms with van der Waals surface area (Å²) in [4.78, 5) is 35.4. The van der Waals surface area contributed by atoms with Crippen molar-refractivity contribution in [2.45, 2.75) is 24.3 Å². The number of rotatable bonds is 5. The summed E-state index contributed by atoms with van der Waals surface area (Å²) >= 11 is 6.51. The van der Waals surface area contributed by atoms with Crippen LogP contribution in [0.2, 0.25) is 5.02 Å². The summed E-state index contributed by atoms with van der Waals surface area (Å²) in [6.45, 7) is 0. The number of halogens is 4. The SMILES string of the molecule is O=C(O)CCSC1CC(=O)N(c2ccc(Cl)c(C(F)(F)F)c2)C1=O. The second-order valence-electron chi connectivity index (χ2n) is 4.94. The highest BCUT2D eigenvalue weighted by atomic mass is 35.5. The van der Waals surface area contributed by atoms with Crippen LogP contribution in [0.3, 0.4) is 0 Å². The van der Waals surface area contributed by atoms with Crippen LogP contribution in [-0.4, -0.2) is 33.9 Å². The van der Waals surface area contributed by atoms with Crippen LogP contribution < -0.4 is 4.90 Å². The van der Waals surface area contributed by atoms with Gasteiger partial charge in [0, 0.05) is 12.2 Å². The van der Waals surface area contributed by atoms with Gasteiger partial charge in [-0.3, -0.25) is 14.4 Å². The van der Waals surface area contributed by atoms with Crippen molar-refractivity contribution in [2.24, 2.45) is 0 Å². The maximum Gasteiger partial charge on any atom is 0.417 e. The van der Waals surface area contributed by atoms with Gasteiger partial charge in [-0.1, -0.05) is 11.6 Å². The molecular weight excluding hydrogens is 371 g/mol. The standard InChI is InChI=1S/C14H11ClF3NO4S/c15-9-2-1-7(5-8(9)14(16,17)18)19-11(20)6-10(13(19)23)24-4-3-12(21)22/h1-2,5,10H,3-4,6H2,(H,21,22). The van der Waals surface area contributed by atoms with E-state index < -0.39 is 39.8 Å². The third-order valence-corrected chi connectivity index (χ3v) is 4.79. The molecule has 0 saturated carbocycles. The molecule has 10 heteroatoms. The number of benzene rings is 1. The van der Waals surface area contributed by atoms with Crippen LogP contribution in [0.1, 0.15) is 18.4 Å². The number of thioether (sulfide) groups is 1. The van der Waals surface area contributed by atoms with E-state index >= 15 is 0 Å². The molecule has 1 unspecified atom stereocenters. The molecule has 130 valence electrons. The van der Waals surface area contributed by atoms with Gasteiger partial charge in [-0.15, -0.1) is 11.8 Å². The van der Waals surface area contributed by atoms with Gasteiger partial charge < -0.3 is 5.11 Å². The van der Waals surface area contributed by atoms with Gasteiger partial charge in [0.2, 0.25) is 11.8 Å². The summed E-state index contributed by atoms with van der Waals surface area (Å²) in [5.74, 6) is -2.21. The minimum absolute atomic E-state index is 0.126. The monoisotopic (exact) mass is 381 g/mol. The largest absolute Gasteiger partial charge is 0.481 e. The number of hydrogen-bond acceptors (Lipinski definition) is 4. The second kappa shape index (κ2) is 7.02. The molecule has 2 rings (SSSR count). The molecule has 1 heterocycles. The van der Waals surface area contributed by atoms with Crippen molar-refractivity contribution in [1.82, 2.24) is 0 Å². The lowest BCUT2D eigenvalue weighted by molar-refractivity contribution is -0.138. The number of alkyl halides is 3. The average Bonchev–Trinajstić information content (AvgIpc) is 2.73. The van der Waals surface area contributed by atoms with Crippen molar-refractivity contribution in [3.05, 3.63) is 28.8 Å². The Morgan fingerprint density at radius 2 is 2.04 bits per heavy atom. The first-order chi connectivity index (χ1) is 11.1. The molecule has 24 heavy (non-hydrogen) atoms. The van der Waals surface area contributed by atoms with Crippen LogP contribution in [0.4, 0.5) is 18.9 Å². The first-order valence-electron chi connectivity index (χ1n) is 6.68. The van der Waals surface area contributed by atoms with Gasteiger partial charge in [-0.2, -0.15) is 13.2 Å². The summed E-state index contributed by atoms with van der Waals surface area (Å²) in [5, 5.41) is 7.24. The van der Waals surface area contributed by atoms with Crippen LogP contribution >= 0.6 is 23.4 Å². The molecule has 0 aliphatic carbocycles. The van der Waals surface area contributed by atoms with Crippen LogP contribution in [-0.2, 0) is 20.6 Å². The van der Waals surface area contributed by atoms with Gasteiger partial charge in [0.15, 0.2) is 0 Å². The van der Waals surface area contributed by atoms with Crippen LogP contribution in [0.25, 0.3) is 0 Å². The van der Waals surface area contributed by atoms with E-state index in [1.54, 1.807) is 0 Å². The lowest BCUT2D eigenvalue weighted by Crippen LogP contribution is -2.31. The molecule has 5 nitrogen and oxygen atoms in total. The molecule has 1 aromatic rings. The zero-order chi connectivity index (χ0) is 18.1. The Morgan fingerprint density at radius 3 is 2.62 bits per heavy atom. The molecule has 1 aromatic carbocycles. The van der Waals surface area contributed by atoms with Gasteiger partial charge in [0.1, 0.15) is 0 Å². The summed E-state index contributed by atoms with van der Waals surface area (Å²) in [6.07, 6.45) is -5.08. The lowest BCUT2D eigenvalue weighted by Gasteiger charge is -2.17. The second-order valence-corrected chi connectivity index (χ2v) is 6.65. The van der Waals surface area contributed by atoms with Crippen molar-refractivity contribution < 1.29 is 32.7 Å². The molecule has 1 fully saturated rings. The number of carbonyl (C=O) groups is 3. The number of carboxylic acid groups (broad SMARTS) is 1. The Labute approximate surface area is 143 Å². The van der Waals surface area contributed by atoms with E-state index in [1.807, 2.05) is 0 Å². The van der Waals surface area contributed by atoms with Gasteiger partial charge in [-0.05, 0) is 18.2 Å².